The van der Waals surface area contributed by atoms with Crippen LogP contribution in [0.2, 0.25) is 0 Å². The fourth-order valence-electron chi connectivity index (χ4n) is 3.21. The van der Waals surface area contributed by atoms with Crippen LogP contribution in [0, 0.1) is 18.6 Å². The second-order valence-corrected chi connectivity index (χ2v) is 6.35. The first-order valence-electron chi connectivity index (χ1n) is 8.17. The van der Waals surface area contributed by atoms with Gasteiger partial charge in [-0.25, -0.2) is 8.78 Å². The van der Waals surface area contributed by atoms with Crippen molar-refractivity contribution in [2.24, 2.45) is 0 Å². The number of carbonyl (C=O) groups excluding carboxylic acids is 1. The molecular formula is C19H20F2N2O. The molecule has 1 saturated carbocycles. The number of rotatable bonds is 5. The summed E-state index contributed by atoms with van der Waals surface area (Å²) in [4.78, 5) is 16.8. The molecule has 3 rings (SSSR count). The molecule has 0 atom stereocenters. The lowest BCUT2D eigenvalue weighted by atomic mass is 9.63. The van der Waals surface area contributed by atoms with E-state index in [4.69, 9.17) is 0 Å². The number of nitrogens with zero attached hydrogens (tertiary/aromatic N) is 1. The lowest BCUT2D eigenvalue weighted by Crippen LogP contribution is -2.50. The molecule has 1 aliphatic carbocycles. The van der Waals surface area contributed by atoms with E-state index in [1.54, 1.807) is 6.20 Å². The van der Waals surface area contributed by atoms with Gasteiger partial charge in [0.05, 0.1) is 5.41 Å². The van der Waals surface area contributed by atoms with Gasteiger partial charge in [-0.3, -0.25) is 9.78 Å². The lowest BCUT2D eigenvalue weighted by molar-refractivity contribution is -0.130. The smallest absolute Gasteiger partial charge is 0.230 e. The van der Waals surface area contributed by atoms with Gasteiger partial charge in [0.25, 0.3) is 0 Å². The molecule has 0 saturated heterocycles. The van der Waals surface area contributed by atoms with Crippen molar-refractivity contribution in [1.82, 2.24) is 10.3 Å². The molecule has 1 aromatic heterocycles. The van der Waals surface area contributed by atoms with E-state index >= 15 is 0 Å². The predicted molar refractivity (Wildman–Crippen MR) is 87.6 cm³/mol. The Morgan fingerprint density at radius 3 is 2.46 bits per heavy atom. The van der Waals surface area contributed by atoms with E-state index in [9.17, 15) is 13.6 Å². The number of carbonyl (C=O) groups is 1. The monoisotopic (exact) mass is 330 g/mol. The minimum atomic E-state index is -1.07. The lowest BCUT2D eigenvalue weighted by Gasteiger charge is -2.40. The van der Waals surface area contributed by atoms with Crippen LogP contribution in [0.3, 0.4) is 0 Å². The average molecular weight is 330 g/mol. The van der Waals surface area contributed by atoms with Crippen molar-refractivity contribution >= 4 is 5.91 Å². The maximum Gasteiger partial charge on any atom is 0.230 e. The SMILES string of the molecule is Cc1ccc(CCNC(=O)C2(c3c(F)cccc3F)CCC2)cn1. The van der Waals surface area contributed by atoms with Crippen LogP contribution in [0.25, 0.3) is 0 Å². The second-order valence-electron chi connectivity index (χ2n) is 6.35. The first-order chi connectivity index (χ1) is 11.5. The Labute approximate surface area is 140 Å². The van der Waals surface area contributed by atoms with Gasteiger partial charge in [-0.15, -0.1) is 0 Å². The zero-order valence-corrected chi connectivity index (χ0v) is 13.6. The van der Waals surface area contributed by atoms with Crippen molar-refractivity contribution in [3.63, 3.8) is 0 Å². The van der Waals surface area contributed by atoms with Crippen molar-refractivity contribution in [2.45, 2.75) is 38.0 Å². The largest absolute Gasteiger partial charge is 0.355 e. The van der Waals surface area contributed by atoms with Gasteiger partial charge < -0.3 is 5.32 Å². The molecule has 1 fully saturated rings. The highest BCUT2D eigenvalue weighted by Crippen LogP contribution is 2.45. The van der Waals surface area contributed by atoms with Crippen molar-refractivity contribution in [1.29, 1.82) is 0 Å². The van der Waals surface area contributed by atoms with E-state index in [2.05, 4.69) is 10.3 Å². The normalized spacial score (nSPS) is 15.6. The van der Waals surface area contributed by atoms with E-state index in [0.717, 1.165) is 17.7 Å². The van der Waals surface area contributed by atoms with E-state index < -0.39 is 17.0 Å². The molecule has 0 radical (unpaired) electrons. The topological polar surface area (TPSA) is 42.0 Å². The molecule has 0 bridgehead atoms. The summed E-state index contributed by atoms with van der Waals surface area (Å²) in [5.74, 6) is -1.59. The summed E-state index contributed by atoms with van der Waals surface area (Å²) in [7, 11) is 0. The Hall–Kier alpha value is -2.30. The van der Waals surface area contributed by atoms with Gasteiger partial charge in [-0.05, 0) is 49.9 Å². The van der Waals surface area contributed by atoms with Gasteiger partial charge in [0.15, 0.2) is 0 Å². The average Bonchev–Trinajstić information content (AvgIpc) is 2.51. The first-order valence-corrected chi connectivity index (χ1v) is 8.17. The number of benzene rings is 1. The van der Waals surface area contributed by atoms with Gasteiger partial charge in [0.1, 0.15) is 11.6 Å². The van der Waals surface area contributed by atoms with Crippen LogP contribution in [0.5, 0.6) is 0 Å². The van der Waals surface area contributed by atoms with E-state index in [0.29, 0.717) is 25.8 Å². The highest BCUT2D eigenvalue weighted by atomic mass is 19.1. The summed E-state index contributed by atoms with van der Waals surface area (Å²) < 4.78 is 28.2. The van der Waals surface area contributed by atoms with Crippen LogP contribution in [0.15, 0.2) is 36.5 Å². The quantitative estimate of drug-likeness (QED) is 0.912. The third-order valence-corrected chi connectivity index (χ3v) is 4.75. The number of hydrogen-bond acceptors (Lipinski definition) is 2. The Morgan fingerprint density at radius 1 is 1.21 bits per heavy atom. The molecule has 0 spiro atoms. The molecule has 2 aromatic rings. The number of halogens is 2. The fraction of sp³-hybridized carbons (Fsp3) is 0.368. The summed E-state index contributed by atoms with van der Waals surface area (Å²) >= 11 is 0. The van der Waals surface area contributed by atoms with Crippen LogP contribution in [-0.2, 0) is 16.6 Å². The molecule has 1 aromatic carbocycles. The molecule has 126 valence electrons. The molecule has 1 N–H and O–H groups in total. The maximum absolute atomic E-state index is 14.1. The number of aryl methyl sites for hydroxylation is 1. The van der Waals surface area contributed by atoms with Crippen LogP contribution in [-0.4, -0.2) is 17.4 Å². The Kier molecular flexibility index (Phi) is 4.60. The van der Waals surface area contributed by atoms with E-state index in [1.165, 1.54) is 18.2 Å². The van der Waals surface area contributed by atoms with E-state index in [-0.39, 0.29) is 11.5 Å². The highest BCUT2D eigenvalue weighted by molar-refractivity contribution is 5.89. The van der Waals surface area contributed by atoms with E-state index in [1.807, 2.05) is 19.1 Å². The first kappa shape index (κ1) is 16.6. The summed E-state index contributed by atoms with van der Waals surface area (Å²) in [5, 5.41) is 2.84. The molecule has 0 aliphatic heterocycles. The molecule has 1 aliphatic rings. The Morgan fingerprint density at radius 2 is 1.92 bits per heavy atom. The molecular weight excluding hydrogens is 310 g/mol. The molecule has 3 nitrogen and oxygen atoms in total. The fourth-order valence-corrected chi connectivity index (χ4v) is 3.21. The van der Waals surface area contributed by atoms with Crippen LogP contribution >= 0.6 is 0 Å². The third-order valence-electron chi connectivity index (χ3n) is 4.75. The highest BCUT2D eigenvalue weighted by Gasteiger charge is 2.48. The van der Waals surface area contributed by atoms with Gasteiger partial charge in [-0.2, -0.15) is 0 Å². The van der Waals surface area contributed by atoms with Gasteiger partial charge in [0, 0.05) is 24.0 Å². The second kappa shape index (κ2) is 6.67. The van der Waals surface area contributed by atoms with Crippen LogP contribution < -0.4 is 5.32 Å². The Bertz CT molecular complexity index is 719. The minimum Gasteiger partial charge on any atom is -0.355 e. The third kappa shape index (κ3) is 3.03. The van der Waals surface area contributed by atoms with Gasteiger partial charge in [0.2, 0.25) is 5.91 Å². The van der Waals surface area contributed by atoms with Crippen LogP contribution in [0.1, 0.15) is 36.1 Å². The molecule has 0 unspecified atom stereocenters. The number of pyridine rings is 1. The van der Waals surface area contributed by atoms with Gasteiger partial charge >= 0.3 is 0 Å². The number of hydrogen-bond donors (Lipinski definition) is 1. The summed E-state index contributed by atoms with van der Waals surface area (Å²) in [6.07, 6.45) is 4.15. The van der Waals surface area contributed by atoms with Crippen molar-refractivity contribution in [3.05, 3.63) is 65.0 Å². The number of amides is 1. The van der Waals surface area contributed by atoms with Crippen molar-refractivity contribution in [2.75, 3.05) is 6.54 Å². The Balaban J connectivity index is 1.69. The molecule has 5 heteroatoms. The zero-order chi connectivity index (χ0) is 17.2. The summed E-state index contributed by atoms with van der Waals surface area (Å²) in [5.41, 5.74) is 0.790. The van der Waals surface area contributed by atoms with Crippen LogP contribution in [0.4, 0.5) is 8.78 Å². The number of nitrogens with one attached hydrogen (secondary N) is 1. The predicted octanol–water partition coefficient (Wildman–Crippen LogP) is 3.45. The standard InChI is InChI=1S/C19H20F2N2O/c1-13-6-7-14(12-23-13)8-11-22-18(24)19(9-3-10-19)17-15(20)4-2-5-16(17)21/h2,4-7,12H,3,8-11H2,1H3,(H,22,24). The van der Waals surface area contributed by atoms with Gasteiger partial charge in [-0.1, -0.05) is 18.6 Å². The summed E-state index contributed by atoms with van der Waals surface area (Å²) in [6.45, 7) is 2.33. The minimum absolute atomic E-state index is 0.0919. The molecule has 1 amide bonds. The molecule has 24 heavy (non-hydrogen) atoms. The van der Waals surface area contributed by atoms with Crippen molar-refractivity contribution in [3.8, 4) is 0 Å². The zero-order valence-electron chi connectivity index (χ0n) is 13.6. The summed E-state index contributed by atoms with van der Waals surface area (Å²) in [6, 6.07) is 7.62. The maximum atomic E-state index is 14.1. The number of aromatic nitrogens is 1. The molecule has 1 heterocycles. The van der Waals surface area contributed by atoms with Crippen molar-refractivity contribution < 1.29 is 13.6 Å².